The third-order valence-electron chi connectivity index (χ3n) is 3.33. The van der Waals surface area contributed by atoms with E-state index in [1.165, 1.54) is 0 Å². The van der Waals surface area contributed by atoms with E-state index in [1.807, 2.05) is 18.2 Å². The molecule has 1 amide bonds. The Morgan fingerprint density at radius 2 is 2.00 bits per heavy atom. The molecule has 2 rings (SSSR count). The maximum absolute atomic E-state index is 11.9. The Labute approximate surface area is 113 Å². The molecule has 0 radical (unpaired) electrons. The summed E-state index contributed by atoms with van der Waals surface area (Å²) in [6.07, 6.45) is 5.81. The molecular formula is C15H17NO3. The fourth-order valence-corrected chi connectivity index (χ4v) is 2.31. The van der Waals surface area contributed by atoms with Gasteiger partial charge in [-0.1, -0.05) is 6.07 Å². The third kappa shape index (κ3) is 2.65. The van der Waals surface area contributed by atoms with E-state index in [0.29, 0.717) is 19.5 Å². The van der Waals surface area contributed by atoms with Crippen molar-refractivity contribution in [1.82, 2.24) is 4.90 Å². The Balaban J connectivity index is 2.24. The van der Waals surface area contributed by atoms with E-state index >= 15 is 0 Å². The van der Waals surface area contributed by atoms with Crippen molar-refractivity contribution in [2.75, 3.05) is 20.8 Å². The summed E-state index contributed by atoms with van der Waals surface area (Å²) in [4.78, 5) is 13.7. The topological polar surface area (TPSA) is 38.8 Å². The lowest BCUT2D eigenvalue weighted by molar-refractivity contribution is -0.128. The summed E-state index contributed by atoms with van der Waals surface area (Å²) in [5.74, 6) is 4.17. The molecule has 0 bridgehead atoms. The van der Waals surface area contributed by atoms with Gasteiger partial charge in [0.1, 0.15) is 11.5 Å². The number of nitrogens with zero attached hydrogens (tertiary/aromatic N) is 1. The fourth-order valence-electron chi connectivity index (χ4n) is 2.31. The number of methoxy groups -OCH3 is 2. The molecule has 1 aromatic rings. The van der Waals surface area contributed by atoms with E-state index in [9.17, 15) is 4.79 Å². The summed E-state index contributed by atoms with van der Waals surface area (Å²) in [5, 5.41) is 0. The highest BCUT2D eigenvalue weighted by Gasteiger charge is 2.29. The first-order chi connectivity index (χ1) is 9.19. The van der Waals surface area contributed by atoms with Crippen LogP contribution >= 0.6 is 0 Å². The molecular weight excluding hydrogens is 242 g/mol. The standard InChI is InChI=1S/C15H17NO3/c1-4-11-8-15(17)16(9-11)10-12-13(18-2)6-5-7-14(12)19-3/h1,5-7,11H,8-10H2,2-3H3. The lowest BCUT2D eigenvalue weighted by Crippen LogP contribution is -2.25. The smallest absolute Gasteiger partial charge is 0.224 e. The molecule has 0 aromatic heterocycles. The molecule has 1 saturated heterocycles. The summed E-state index contributed by atoms with van der Waals surface area (Å²) < 4.78 is 10.7. The second-order valence-electron chi connectivity index (χ2n) is 4.48. The second-order valence-corrected chi connectivity index (χ2v) is 4.48. The van der Waals surface area contributed by atoms with Crippen LogP contribution in [0.2, 0.25) is 0 Å². The minimum absolute atomic E-state index is 0.00759. The Hall–Kier alpha value is -2.15. The molecule has 0 saturated carbocycles. The molecule has 4 heteroatoms. The number of carbonyl (C=O) groups excluding carboxylic acids is 1. The van der Waals surface area contributed by atoms with E-state index < -0.39 is 0 Å². The molecule has 1 aliphatic heterocycles. The zero-order valence-electron chi connectivity index (χ0n) is 11.2. The SMILES string of the molecule is C#CC1CC(=O)N(Cc2c(OC)cccc2OC)C1. The molecule has 0 spiro atoms. The van der Waals surface area contributed by atoms with Gasteiger partial charge in [-0.15, -0.1) is 12.3 Å². The minimum atomic E-state index is 0.00759. The van der Waals surface area contributed by atoms with Crippen LogP contribution in [0.4, 0.5) is 0 Å². The molecule has 1 heterocycles. The van der Waals surface area contributed by atoms with Crippen molar-refractivity contribution in [2.24, 2.45) is 5.92 Å². The van der Waals surface area contributed by atoms with Gasteiger partial charge in [0.15, 0.2) is 0 Å². The maximum Gasteiger partial charge on any atom is 0.224 e. The van der Waals surface area contributed by atoms with Gasteiger partial charge < -0.3 is 14.4 Å². The van der Waals surface area contributed by atoms with Gasteiger partial charge in [0, 0.05) is 18.9 Å². The molecule has 100 valence electrons. The highest BCUT2D eigenvalue weighted by molar-refractivity contribution is 5.79. The number of terminal acetylenes is 1. The van der Waals surface area contributed by atoms with Crippen LogP contribution in [-0.2, 0) is 11.3 Å². The van der Waals surface area contributed by atoms with E-state index in [-0.39, 0.29) is 11.8 Å². The number of carbonyl (C=O) groups is 1. The molecule has 1 aliphatic rings. The van der Waals surface area contributed by atoms with Crippen LogP contribution in [0.3, 0.4) is 0 Å². The van der Waals surface area contributed by atoms with Gasteiger partial charge in [-0.05, 0) is 12.1 Å². The second kappa shape index (κ2) is 5.66. The summed E-state index contributed by atoms with van der Waals surface area (Å²) in [7, 11) is 3.21. The van der Waals surface area contributed by atoms with E-state index in [2.05, 4.69) is 5.92 Å². The first-order valence-electron chi connectivity index (χ1n) is 6.13. The zero-order valence-corrected chi connectivity index (χ0v) is 11.2. The molecule has 1 unspecified atom stereocenters. The Morgan fingerprint density at radius 1 is 1.37 bits per heavy atom. The molecule has 19 heavy (non-hydrogen) atoms. The number of likely N-dealkylation sites (tertiary alicyclic amines) is 1. The van der Waals surface area contributed by atoms with Crippen molar-refractivity contribution < 1.29 is 14.3 Å². The molecule has 0 aliphatic carbocycles. The number of hydrogen-bond donors (Lipinski definition) is 0. The Morgan fingerprint density at radius 3 is 2.47 bits per heavy atom. The average Bonchev–Trinajstić information content (AvgIpc) is 2.79. The predicted octanol–water partition coefficient (Wildman–Crippen LogP) is 1.69. The van der Waals surface area contributed by atoms with Crippen LogP contribution in [0, 0.1) is 18.3 Å². The molecule has 1 fully saturated rings. The van der Waals surface area contributed by atoms with E-state index in [4.69, 9.17) is 15.9 Å². The Kier molecular flexibility index (Phi) is 3.96. The van der Waals surface area contributed by atoms with Crippen LogP contribution in [0.1, 0.15) is 12.0 Å². The van der Waals surface area contributed by atoms with E-state index in [1.54, 1.807) is 19.1 Å². The molecule has 4 nitrogen and oxygen atoms in total. The van der Waals surface area contributed by atoms with Gasteiger partial charge in [0.2, 0.25) is 5.91 Å². The number of benzene rings is 1. The van der Waals surface area contributed by atoms with Crippen LogP contribution in [0.5, 0.6) is 11.5 Å². The van der Waals surface area contributed by atoms with Gasteiger partial charge in [-0.3, -0.25) is 4.79 Å². The zero-order chi connectivity index (χ0) is 13.8. The molecule has 1 aromatic carbocycles. The first kappa shape index (κ1) is 13.3. The van der Waals surface area contributed by atoms with Crippen molar-refractivity contribution in [2.45, 2.75) is 13.0 Å². The number of rotatable bonds is 4. The lowest BCUT2D eigenvalue weighted by atomic mass is 10.1. The highest BCUT2D eigenvalue weighted by Crippen LogP contribution is 2.31. The summed E-state index contributed by atoms with van der Waals surface area (Å²) in [6.45, 7) is 1.06. The molecule has 1 atom stereocenters. The Bertz CT molecular complexity index is 496. The van der Waals surface area contributed by atoms with Crippen LogP contribution in [-0.4, -0.2) is 31.6 Å². The quantitative estimate of drug-likeness (QED) is 0.772. The normalized spacial score (nSPS) is 18.3. The third-order valence-corrected chi connectivity index (χ3v) is 3.33. The minimum Gasteiger partial charge on any atom is -0.496 e. The van der Waals surface area contributed by atoms with Crippen molar-refractivity contribution in [3.8, 4) is 23.8 Å². The van der Waals surface area contributed by atoms with E-state index in [0.717, 1.165) is 17.1 Å². The van der Waals surface area contributed by atoms with Crippen LogP contribution in [0.25, 0.3) is 0 Å². The monoisotopic (exact) mass is 259 g/mol. The summed E-state index contributed by atoms with van der Waals surface area (Å²) in [6, 6.07) is 5.57. The van der Waals surface area contributed by atoms with Gasteiger partial charge in [0.25, 0.3) is 0 Å². The number of hydrogen-bond acceptors (Lipinski definition) is 3. The summed E-state index contributed by atoms with van der Waals surface area (Å²) >= 11 is 0. The average molecular weight is 259 g/mol. The van der Waals surface area contributed by atoms with Gasteiger partial charge in [0.05, 0.1) is 26.3 Å². The van der Waals surface area contributed by atoms with Crippen molar-refractivity contribution in [3.05, 3.63) is 23.8 Å². The molecule has 0 N–H and O–H groups in total. The maximum atomic E-state index is 11.9. The van der Waals surface area contributed by atoms with Gasteiger partial charge in [-0.25, -0.2) is 0 Å². The van der Waals surface area contributed by atoms with Crippen molar-refractivity contribution >= 4 is 5.91 Å². The largest absolute Gasteiger partial charge is 0.496 e. The van der Waals surface area contributed by atoms with Crippen LogP contribution in [0.15, 0.2) is 18.2 Å². The number of ether oxygens (including phenoxy) is 2. The fraction of sp³-hybridized carbons (Fsp3) is 0.400. The van der Waals surface area contributed by atoms with Crippen molar-refractivity contribution in [1.29, 1.82) is 0 Å². The lowest BCUT2D eigenvalue weighted by Gasteiger charge is -2.19. The predicted molar refractivity (Wildman–Crippen MR) is 71.9 cm³/mol. The summed E-state index contributed by atoms with van der Waals surface area (Å²) in [5.41, 5.74) is 0.874. The van der Waals surface area contributed by atoms with Crippen LogP contribution < -0.4 is 9.47 Å². The number of amides is 1. The van der Waals surface area contributed by atoms with Gasteiger partial charge in [-0.2, -0.15) is 0 Å². The van der Waals surface area contributed by atoms with Crippen molar-refractivity contribution in [3.63, 3.8) is 0 Å². The highest BCUT2D eigenvalue weighted by atomic mass is 16.5. The van der Waals surface area contributed by atoms with Gasteiger partial charge >= 0.3 is 0 Å². The first-order valence-corrected chi connectivity index (χ1v) is 6.13.